The zero-order valence-electron chi connectivity index (χ0n) is 9.12. The lowest BCUT2D eigenvalue weighted by molar-refractivity contribution is 0.218. The number of hydrogen-bond donors (Lipinski definition) is 1. The number of halogens is 2. The fourth-order valence-electron chi connectivity index (χ4n) is 1.84. The summed E-state index contributed by atoms with van der Waals surface area (Å²) in [6.07, 6.45) is 2.49. The molecule has 0 saturated carbocycles. The van der Waals surface area contributed by atoms with Gasteiger partial charge in [-0.1, -0.05) is 23.7 Å². The first kappa shape index (κ1) is 13.6. The van der Waals surface area contributed by atoms with E-state index in [9.17, 15) is 0 Å². The monoisotopic (exact) mass is 261 g/mol. The molecule has 0 spiro atoms. The van der Waals surface area contributed by atoms with Crippen LogP contribution in [0.1, 0.15) is 12.8 Å². The molecule has 4 heteroatoms. The Balaban J connectivity index is 0.00000128. The Morgan fingerprint density at radius 1 is 1.38 bits per heavy atom. The van der Waals surface area contributed by atoms with Crippen LogP contribution in [0.15, 0.2) is 24.3 Å². The molecule has 0 radical (unpaired) electrons. The molecule has 1 aromatic rings. The third kappa shape index (κ3) is 3.85. The van der Waals surface area contributed by atoms with Crippen LogP contribution in [-0.4, -0.2) is 19.7 Å². The minimum Gasteiger partial charge on any atom is -0.492 e. The van der Waals surface area contributed by atoms with Gasteiger partial charge in [-0.05, 0) is 31.5 Å². The molecule has 90 valence electrons. The maximum atomic E-state index is 6.00. The summed E-state index contributed by atoms with van der Waals surface area (Å²) in [4.78, 5) is 0. The van der Waals surface area contributed by atoms with Crippen molar-refractivity contribution in [1.29, 1.82) is 0 Å². The van der Waals surface area contributed by atoms with E-state index in [2.05, 4.69) is 5.32 Å². The van der Waals surface area contributed by atoms with Crippen molar-refractivity contribution in [1.82, 2.24) is 5.32 Å². The van der Waals surface area contributed by atoms with Crippen LogP contribution in [0.5, 0.6) is 5.75 Å². The summed E-state index contributed by atoms with van der Waals surface area (Å²) in [7, 11) is 0. The Morgan fingerprint density at radius 3 is 2.88 bits per heavy atom. The number of benzene rings is 1. The van der Waals surface area contributed by atoms with Crippen molar-refractivity contribution in [3.63, 3.8) is 0 Å². The quantitative estimate of drug-likeness (QED) is 0.903. The lowest BCUT2D eigenvalue weighted by Crippen LogP contribution is -2.33. The van der Waals surface area contributed by atoms with Crippen LogP contribution in [-0.2, 0) is 0 Å². The van der Waals surface area contributed by atoms with E-state index < -0.39 is 0 Å². The first-order chi connectivity index (χ1) is 7.36. The van der Waals surface area contributed by atoms with Gasteiger partial charge in [-0.25, -0.2) is 0 Å². The first-order valence-corrected chi connectivity index (χ1v) is 5.82. The third-order valence-electron chi connectivity index (χ3n) is 2.71. The second kappa shape index (κ2) is 7.00. The first-order valence-electron chi connectivity index (χ1n) is 5.44. The highest BCUT2D eigenvalue weighted by molar-refractivity contribution is 6.32. The van der Waals surface area contributed by atoms with E-state index in [-0.39, 0.29) is 12.4 Å². The van der Waals surface area contributed by atoms with Gasteiger partial charge in [0, 0.05) is 12.5 Å². The Hall–Kier alpha value is -0.440. The summed E-state index contributed by atoms with van der Waals surface area (Å²) < 4.78 is 5.70. The Kier molecular flexibility index (Phi) is 5.96. The fraction of sp³-hybridized carbons (Fsp3) is 0.500. The van der Waals surface area contributed by atoms with Crippen molar-refractivity contribution in [2.75, 3.05) is 19.7 Å². The number of ether oxygens (including phenoxy) is 1. The zero-order chi connectivity index (χ0) is 10.5. The van der Waals surface area contributed by atoms with Gasteiger partial charge in [0.05, 0.1) is 11.6 Å². The molecule has 1 saturated heterocycles. The number of hydrogen-bond acceptors (Lipinski definition) is 2. The van der Waals surface area contributed by atoms with Crippen molar-refractivity contribution in [2.45, 2.75) is 12.8 Å². The third-order valence-corrected chi connectivity index (χ3v) is 3.02. The lowest BCUT2D eigenvalue weighted by Gasteiger charge is -2.22. The van der Waals surface area contributed by atoms with Gasteiger partial charge in [-0.2, -0.15) is 0 Å². The van der Waals surface area contributed by atoms with Crippen LogP contribution in [0.3, 0.4) is 0 Å². The van der Waals surface area contributed by atoms with Gasteiger partial charge >= 0.3 is 0 Å². The van der Waals surface area contributed by atoms with Crippen LogP contribution in [0.25, 0.3) is 0 Å². The topological polar surface area (TPSA) is 21.3 Å². The molecule has 1 aliphatic heterocycles. The molecular weight excluding hydrogens is 245 g/mol. The number of rotatable bonds is 3. The Bertz CT molecular complexity index is 314. The average molecular weight is 262 g/mol. The average Bonchev–Trinajstić information content (AvgIpc) is 2.29. The molecule has 1 fully saturated rings. The van der Waals surface area contributed by atoms with Crippen molar-refractivity contribution in [3.05, 3.63) is 29.3 Å². The second-order valence-electron chi connectivity index (χ2n) is 3.95. The number of nitrogens with one attached hydrogen (secondary N) is 1. The Morgan fingerprint density at radius 2 is 2.19 bits per heavy atom. The van der Waals surface area contributed by atoms with Crippen LogP contribution in [0.4, 0.5) is 0 Å². The van der Waals surface area contributed by atoms with E-state index in [1.807, 2.05) is 24.3 Å². The van der Waals surface area contributed by atoms with Crippen LogP contribution >= 0.6 is 24.0 Å². The molecule has 0 aromatic heterocycles. The van der Waals surface area contributed by atoms with Gasteiger partial charge in [-0.15, -0.1) is 12.4 Å². The smallest absolute Gasteiger partial charge is 0.137 e. The largest absolute Gasteiger partial charge is 0.492 e. The fourth-order valence-corrected chi connectivity index (χ4v) is 2.03. The summed E-state index contributed by atoms with van der Waals surface area (Å²) in [5.74, 6) is 1.42. The number of piperidine rings is 1. The number of para-hydroxylation sites is 1. The van der Waals surface area contributed by atoms with Crippen LogP contribution in [0.2, 0.25) is 5.02 Å². The molecule has 16 heavy (non-hydrogen) atoms. The van der Waals surface area contributed by atoms with Gasteiger partial charge < -0.3 is 10.1 Å². The minimum absolute atomic E-state index is 0. The highest BCUT2D eigenvalue weighted by atomic mass is 35.5. The normalized spacial score (nSPS) is 19.9. The molecule has 0 amide bonds. The molecule has 1 aliphatic rings. The van der Waals surface area contributed by atoms with E-state index in [0.717, 1.165) is 25.4 Å². The Labute approximate surface area is 108 Å². The highest BCUT2D eigenvalue weighted by Gasteiger charge is 2.13. The van der Waals surface area contributed by atoms with Gasteiger partial charge in [0.1, 0.15) is 5.75 Å². The molecule has 1 aromatic carbocycles. The van der Waals surface area contributed by atoms with E-state index in [4.69, 9.17) is 16.3 Å². The predicted octanol–water partition coefficient (Wildman–Crippen LogP) is 3.14. The van der Waals surface area contributed by atoms with Gasteiger partial charge in [0.25, 0.3) is 0 Å². The lowest BCUT2D eigenvalue weighted by atomic mass is 10.0. The van der Waals surface area contributed by atoms with Gasteiger partial charge in [0.15, 0.2) is 0 Å². The summed E-state index contributed by atoms with van der Waals surface area (Å²) in [5, 5.41) is 4.07. The van der Waals surface area contributed by atoms with Crippen molar-refractivity contribution in [3.8, 4) is 5.75 Å². The molecular formula is C12H17Cl2NO. The molecule has 1 heterocycles. The summed E-state index contributed by atoms with van der Waals surface area (Å²) in [5.41, 5.74) is 0. The maximum absolute atomic E-state index is 6.00. The van der Waals surface area contributed by atoms with E-state index in [0.29, 0.717) is 10.9 Å². The molecule has 1 atom stereocenters. The van der Waals surface area contributed by atoms with Gasteiger partial charge in [0.2, 0.25) is 0 Å². The standard InChI is InChI=1S/C12H16ClNO.ClH/c13-11-5-1-2-6-12(11)15-9-10-4-3-7-14-8-10;/h1-2,5-6,10,14H,3-4,7-9H2;1H. The molecule has 0 bridgehead atoms. The zero-order valence-corrected chi connectivity index (χ0v) is 10.7. The van der Waals surface area contributed by atoms with E-state index >= 15 is 0 Å². The van der Waals surface area contributed by atoms with Crippen LogP contribution in [0, 0.1) is 5.92 Å². The highest BCUT2D eigenvalue weighted by Crippen LogP contribution is 2.24. The van der Waals surface area contributed by atoms with Crippen molar-refractivity contribution < 1.29 is 4.74 Å². The van der Waals surface area contributed by atoms with Crippen molar-refractivity contribution in [2.24, 2.45) is 5.92 Å². The van der Waals surface area contributed by atoms with E-state index in [1.165, 1.54) is 12.8 Å². The summed E-state index contributed by atoms with van der Waals surface area (Å²) >= 11 is 6.00. The second-order valence-corrected chi connectivity index (χ2v) is 4.36. The molecule has 0 aliphatic carbocycles. The molecule has 2 nitrogen and oxygen atoms in total. The predicted molar refractivity (Wildman–Crippen MR) is 69.8 cm³/mol. The molecule has 1 N–H and O–H groups in total. The van der Waals surface area contributed by atoms with Crippen LogP contribution < -0.4 is 10.1 Å². The molecule has 1 unspecified atom stereocenters. The molecule has 2 rings (SSSR count). The summed E-state index contributed by atoms with van der Waals surface area (Å²) in [6.45, 7) is 2.96. The maximum Gasteiger partial charge on any atom is 0.137 e. The van der Waals surface area contributed by atoms with E-state index in [1.54, 1.807) is 0 Å². The SMILES string of the molecule is Cl.Clc1ccccc1OCC1CCCNC1. The van der Waals surface area contributed by atoms with Gasteiger partial charge in [-0.3, -0.25) is 0 Å². The summed E-state index contributed by atoms with van der Waals surface area (Å²) in [6, 6.07) is 7.63. The minimum atomic E-state index is 0. The van der Waals surface area contributed by atoms with Crippen molar-refractivity contribution >= 4 is 24.0 Å².